The molecular formula is C23H30N3O3S+. The average molecular weight is 429 g/mol. The largest absolute Gasteiger partial charge is 0.497 e. The van der Waals surface area contributed by atoms with Crippen LogP contribution >= 0.6 is 11.3 Å². The summed E-state index contributed by atoms with van der Waals surface area (Å²) in [4.78, 5) is 28.4. The number of aryl methyl sites for hydroxylation is 1. The molecule has 4 rings (SSSR count). The number of likely N-dealkylation sites (tertiary alicyclic amines) is 1. The van der Waals surface area contributed by atoms with Crippen LogP contribution in [0.3, 0.4) is 0 Å². The smallest absolute Gasteiger partial charge is 0.280 e. The van der Waals surface area contributed by atoms with E-state index in [0.717, 1.165) is 43.7 Å². The lowest BCUT2D eigenvalue weighted by Gasteiger charge is -2.27. The fourth-order valence-corrected chi connectivity index (χ4v) is 5.86. The van der Waals surface area contributed by atoms with Crippen molar-refractivity contribution in [2.24, 2.45) is 5.92 Å². The van der Waals surface area contributed by atoms with E-state index in [2.05, 4.69) is 17.6 Å². The number of benzene rings is 1. The summed E-state index contributed by atoms with van der Waals surface area (Å²) in [6.07, 6.45) is 5.36. The first-order valence-electron chi connectivity index (χ1n) is 10.8. The van der Waals surface area contributed by atoms with E-state index in [0.29, 0.717) is 28.7 Å². The van der Waals surface area contributed by atoms with Crippen LogP contribution < -0.4 is 20.3 Å². The monoisotopic (exact) mass is 428 g/mol. The Bertz CT molecular complexity index is 923. The molecule has 160 valence electrons. The first-order chi connectivity index (χ1) is 14.5. The maximum Gasteiger partial charge on any atom is 0.280 e. The third kappa shape index (κ3) is 4.68. The number of carbonyl (C=O) groups excluding carboxylic acids is 2. The number of quaternary nitrogens is 1. The van der Waals surface area contributed by atoms with Gasteiger partial charge in [0.1, 0.15) is 10.8 Å². The van der Waals surface area contributed by atoms with Crippen molar-refractivity contribution in [3.8, 4) is 5.75 Å². The number of rotatable bonds is 6. The third-order valence-corrected chi connectivity index (χ3v) is 7.23. The van der Waals surface area contributed by atoms with Crippen molar-refractivity contribution >= 4 is 33.8 Å². The van der Waals surface area contributed by atoms with Gasteiger partial charge in [0, 0.05) is 16.5 Å². The van der Waals surface area contributed by atoms with Crippen LogP contribution in [0.15, 0.2) is 24.3 Å². The number of hydrogen-bond acceptors (Lipinski definition) is 4. The second-order valence-corrected chi connectivity index (χ2v) is 9.53. The SMILES string of the molecule is COc1ccc(NC(=O)c2c(NC(=O)C[NH+]3CCC[C@@H](C)C3)sc3c2CCC3)cc1. The molecule has 0 spiro atoms. The highest BCUT2D eigenvalue weighted by Gasteiger charge is 2.29. The molecule has 0 bridgehead atoms. The first kappa shape index (κ1) is 20.9. The van der Waals surface area contributed by atoms with Gasteiger partial charge < -0.3 is 20.3 Å². The van der Waals surface area contributed by atoms with Crippen LogP contribution in [-0.4, -0.2) is 38.6 Å². The zero-order chi connectivity index (χ0) is 21.1. The van der Waals surface area contributed by atoms with E-state index in [9.17, 15) is 9.59 Å². The van der Waals surface area contributed by atoms with Crippen LogP contribution in [0.2, 0.25) is 0 Å². The molecule has 1 aromatic carbocycles. The van der Waals surface area contributed by atoms with E-state index in [1.807, 2.05) is 24.3 Å². The molecule has 1 aliphatic heterocycles. The third-order valence-electron chi connectivity index (χ3n) is 6.02. The maximum absolute atomic E-state index is 13.1. The van der Waals surface area contributed by atoms with Crippen molar-refractivity contribution in [1.29, 1.82) is 0 Å². The molecule has 1 aromatic heterocycles. The summed E-state index contributed by atoms with van der Waals surface area (Å²) < 4.78 is 5.18. The Morgan fingerprint density at radius 3 is 2.70 bits per heavy atom. The second-order valence-electron chi connectivity index (χ2n) is 8.42. The molecule has 6 nitrogen and oxygen atoms in total. The van der Waals surface area contributed by atoms with Crippen molar-refractivity contribution in [3.05, 3.63) is 40.3 Å². The molecule has 1 unspecified atom stereocenters. The standard InChI is InChI=1S/C23H29N3O3S/c1-15-5-4-12-26(13-15)14-20(27)25-23-21(18-6-3-7-19(18)30-23)22(28)24-16-8-10-17(29-2)11-9-16/h8-11,15H,3-7,12-14H2,1-2H3,(H,24,28)(H,25,27)/p+1/t15-/m1/s1. The highest BCUT2D eigenvalue weighted by molar-refractivity contribution is 7.17. The lowest BCUT2D eigenvalue weighted by Crippen LogP contribution is -3.14. The number of piperidine rings is 1. The van der Waals surface area contributed by atoms with E-state index in [1.165, 1.54) is 22.6 Å². The van der Waals surface area contributed by atoms with Gasteiger partial charge in [-0.25, -0.2) is 0 Å². The van der Waals surface area contributed by atoms with E-state index in [-0.39, 0.29) is 11.8 Å². The topological polar surface area (TPSA) is 71.9 Å². The highest BCUT2D eigenvalue weighted by Crippen LogP contribution is 2.39. The fourth-order valence-electron chi connectivity index (χ4n) is 4.56. The van der Waals surface area contributed by atoms with Crippen molar-refractivity contribution in [2.75, 3.05) is 37.4 Å². The molecule has 0 saturated carbocycles. The Morgan fingerprint density at radius 1 is 1.17 bits per heavy atom. The van der Waals surface area contributed by atoms with Gasteiger partial charge in [0.15, 0.2) is 6.54 Å². The zero-order valence-corrected chi connectivity index (χ0v) is 18.5. The van der Waals surface area contributed by atoms with Gasteiger partial charge in [-0.3, -0.25) is 9.59 Å². The van der Waals surface area contributed by atoms with E-state index in [1.54, 1.807) is 18.4 Å². The summed E-state index contributed by atoms with van der Waals surface area (Å²) >= 11 is 1.56. The van der Waals surface area contributed by atoms with Gasteiger partial charge in [-0.1, -0.05) is 6.92 Å². The number of ether oxygens (including phenoxy) is 1. The Balaban J connectivity index is 1.48. The average Bonchev–Trinajstić information content (AvgIpc) is 3.29. The predicted octanol–water partition coefficient (Wildman–Crippen LogP) is 2.75. The Labute approximate surface area is 181 Å². The van der Waals surface area contributed by atoms with Crippen molar-refractivity contribution in [1.82, 2.24) is 0 Å². The van der Waals surface area contributed by atoms with Gasteiger partial charge in [0.05, 0.1) is 25.8 Å². The summed E-state index contributed by atoms with van der Waals surface area (Å²) in [7, 11) is 1.61. The molecule has 0 radical (unpaired) electrons. The zero-order valence-electron chi connectivity index (χ0n) is 17.7. The van der Waals surface area contributed by atoms with Crippen molar-refractivity contribution < 1.29 is 19.2 Å². The highest BCUT2D eigenvalue weighted by atomic mass is 32.1. The number of hydrogen-bond donors (Lipinski definition) is 3. The molecule has 1 aliphatic carbocycles. The summed E-state index contributed by atoms with van der Waals surface area (Å²) in [5, 5.41) is 6.74. The minimum Gasteiger partial charge on any atom is -0.497 e. The van der Waals surface area contributed by atoms with Crippen molar-refractivity contribution in [2.45, 2.75) is 39.0 Å². The normalized spacial score (nSPS) is 20.5. The van der Waals surface area contributed by atoms with Crippen LogP contribution in [0.1, 0.15) is 47.0 Å². The molecule has 1 fully saturated rings. The molecule has 2 heterocycles. The summed E-state index contributed by atoms with van der Waals surface area (Å²) in [5.74, 6) is 1.25. The quantitative estimate of drug-likeness (QED) is 0.663. The molecule has 2 atom stereocenters. The first-order valence-corrected chi connectivity index (χ1v) is 11.6. The van der Waals surface area contributed by atoms with Gasteiger partial charge in [0.25, 0.3) is 11.8 Å². The summed E-state index contributed by atoms with van der Waals surface area (Å²) in [6, 6.07) is 7.28. The van der Waals surface area contributed by atoms with Gasteiger partial charge in [-0.2, -0.15) is 0 Å². The Kier molecular flexibility index (Phi) is 6.39. The number of carbonyl (C=O) groups is 2. The van der Waals surface area contributed by atoms with Gasteiger partial charge in [-0.05, 0) is 61.9 Å². The summed E-state index contributed by atoms with van der Waals surface area (Å²) in [6.45, 7) is 4.80. The number of anilines is 2. The van der Waals surface area contributed by atoms with Crippen LogP contribution in [0.5, 0.6) is 5.75 Å². The Hall–Kier alpha value is -2.38. The predicted molar refractivity (Wildman–Crippen MR) is 120 cm³/mol. The number of methoxy groups -OCH3 is 1. The minimum absolute atomic E-state index is 0.00230. The number of thiophene rings is 1. The number of fused-ring (bicyclic) bond motifs is 1. The number of nitrogens with one attached hydrogen (secondary N) is 3. The maximum atomic E-state index is 13.1. The molecule has 7 heteroatoms. The van der Waals surface area contributed by atoms with Crippen LogP contribution in [0.25, 0.3) is 0 Å². The molecular weight excluding hydrogens is 398 g/mol. The summed E-state index contributed by atoms with van der Waals surface area (Å²) in [5.41, 5.74) is 2.45. The van der Waals surface area contributed by atoms with Gasteiger partial charge >= 0.3 is 0 Å². The molecule has 2 amide bonds. The van der Waals surface area contributed by atoms with Gasteiger partial charge in [-0.15, -0.1) is 11.3 Å². The number of amides is 2. The fraction of sp³-hybridized carbons (Fsp3) is 0.478. The lowest BCUT2D eigenvalue weighted by molar-refractivity contribution is -0.900. The van der Waals surface area contributed by atoms with E-state index >= 15 is 0 Å². The molecule has 30 heavy (non-hydrogen) atoms. The van der Waals surface area contributed by atoms with Crippen LogP contribution in [0.4, 0.5) is 10.7 Å². The lowest BCUT2D eigenvalue weighted by atomic mass is 10.0. The molecule has 3 N–H and O–H groups in total. The van der Waals surface area contributed by atoms with Crippen LogP contribution in [0, 0.1) is 5.92 Å². The minimum atomic E-state index is -0.159. The van der Waals surface area contributed by atoms with Gasteiger partial charge in [0.2, 0.25) is 0 Å². The Morgan fingerprint density at radius 2 is 1.97 bits per heavy atom. The molecule has 1 saturated heterocycles. The van der Waals surface area contributed by atoms with E-state index in [4.69, 9.17) is 4.74 Å². The van der Waals surface area contributed by atoms with E-state index < -0.39 is 0 Å². The second kappa shape index (κ2) is 9.18. The van der Waals surface area contributed by atoms with Crippen LogP contribution in [-0.2, 0) is 17.6 Å². The van der Waals surface area contributed by atoms with Crippen molar-refractivity contribution in [3.63, 3.8) is 0 Å². The molecule has 2 aliphatic rings. The molecule has 2 aromatic rings.